The highest BCUT2D eigenvalue weighted by Crippen LogP contribution is 2.03. The van der Waals surface area contributed by atoms with Crippen molar-refractivity contribution in [3.8, 4) is 0 Å². The zero-order chi connectivity index (χ0) is 6.24. The molecule has 50 valence electrons. The van der Waals surface area contributed by atoms with E-state index in [1.807, 2.05) is 0 Å². The maximum atomic E-state index is 9.15. The first-order valence-corrected chi connectivity index (χ1v) is 3.41. The predicted octanol–water partition coefficient (Wildman–Crippen LogP) is 0.658. The average Bonchev–Trinajstić information content (AvgIpc) is 1.81. The van der Waals surface area contributed by atoms with Gasteiger partial charge in [0.1, 0.15) is 0 Å². The van der Waals surface area contributed by atoms with Gasteiger partial charge in [-0.1, -0.05) is 13.3 Å². The Morgan fingerprint density at radius 1 is 1.62 bits per heavy atom. The maximum absolute atomic E-state index is 9.15. The van der Waals surface area contributed by atoms with Crippen LogP contribution in [-0.4, -0.2) is 5.75 Å². The molecule has 0 rings (SSSR count). The van der Waals surface area contributed by atoms with E-state index in [-0.39, 0.29) is 0 Å². The molecule has 0 unspecified atom stereocenters. The summed E-state index contributed by atoms with van der Waals surface area (Å²) in [5.74, 6) is 0.818. The van der Waals surface area contributed by atoms with E-state index in [0.29, 0.717) is 0 Å². The minimum Gasteiger partial charge on any atom is -0.691 e. The van der Waals surface area contributed by atoms with Gasteiger partial charge in [-0.25, -0.2) is 0 Å². The predicted molar refractivity (Wildman–Crippen MR) is 29.5 cm³/mol. The van der Waals surface area contributed by atoms with Crippen LogP contribution in [0.5, 0.6) is 0 Å². The molecule has 0 radical (unpaired) electrons. The van der Waals surface area contributed by atoms with E-state index in [9.17, 15) is 0 Å². The lowest BCUT2D eigenvalue weighted by Crippen LogP contribution is -2.01. The second-order valence-corrected chi connectivity index (χ2v) is 2.09. The second-order valence-electron chi connectivity index (χ2n) is 1.31. The van der Waals surface area contributed by atoms with E-state index in [1.165, 1.54) is 0 Å². The van der Waals surface area contributed by atoms with Crippen LogP contribution in [0, 0.1) is 0 Å². The largest absolute Gasteiger partial charge is 0.691 e. The van der Waals surface area contributed by atoms with Crippen molar-refractivity contribution in [3.63, 3.8) is 0 Å². The number of hydrogen-bond acceptors (Lipinski definition) is 4. The van der Waals surface area contributed by atoms with Gasteiger partial charge in [0.15, 0.2) is 0 Å². The molecule has 0 N–H and O–H groups in total. The topological polar surface area (TPSA) is 41.5 Å². The van der Waals surface area contributed by atoms with E-state index >= 15 is 0 Å². The fourth-order valence-corrected chi connectivity index (χ4v) is 0.771. The summed E-state index contributed by atoms with van der Waals surface area (Å²) in [5.41, 5.74) is 0. The summed E-state index contributed by atoms with van der Waals surface area (Å²) in [6.07, 6.45) is 2.16. The third-order valence-corrected chi connectivity index (χ3v) is 1.26. The Balaban J connectivity index is 2.53. The summed E-state index contributed by atoms with van der Waals surface area (Å²) in [6, 6.07) is 0. The third kappa shape index (κ3) is 6.23. The zero-order valence-electron chi connectivity index (χ0n) is 4.75. The van der Waals surface area contributed by atoms with Gasteiger partial charge in [-0.15, -0.1) is 0 Å². The van der Waals surface area contributed by atoms with Gasteiger partial charge in [-0.3, -0.25) is 5.04 Å². The highest BCUT2D eigenvalue weighted by atomic mass is 32.2. The van der Waals surface area contributed by atoms with Gasteiger partial charge in [-0.05, 0) is 6.42 Å². The van der Waals surface area contributed by atoms with Crippen LogP contribution in [0.4, 0.5) is 0 Å². The van der Waals surface area contributed by atoms with Gasteiger partial charge in [0.25, 0.3) is 0 Å². The molecule has 0 aliphatic heterocycles. The standard InChI is InChI=1S/C4H10O3S/c1-2-3-4-8-7-6-5/h5H,2-4H2,1H3/p-1. The molecule has 0 aliphatic rings. The average molecular weight is 137 g/mol. The van der Waals surface area contributed by atoms with Crippen LogP contribution in [0.2, 0.25) is 0 Å². The Kier molecular flexibility index (Phi) is 7.44. The first-order chi connectivity index (χ1) is 3.91. The molecular formula is C4H9O3S-. The summed E-state index contributed by atoms with van der Waals surface area (Å²) >= 11 is 1.04. The van der Waals surface area contributed by atoms with Crippen molar-refractivity contribution in [3.05, 3.63) is 0 Å². The molecule has 8 heavy (non-hydrogen) atoms. The van der Waals surface area contributed by atoms with Gasteiger partial charge in [0.2, 0.25) is 0 Å². The summed E-state index contributed by atoms with van der Waals surface area (Å²) in [7, 11) is 0. The van der Waals surface area contributed by atoms with Crippen molar-refractivity contribution in [2.24, 2.45) is 0 Å². The highest BCUT2D eigenvalue weighted by Gasteiger charge is 1.83. The van der Waals surface area contributed by atoms with Crippen LogP contribution in [0.1, 0.15) is 19.8 Å². The van der Waals surface area contributed by atoms with Gasteiger partial charge in [-0.2, -0.15) is 4.33 Å². The van der Waals surface area contributed by atoms with Crippen LogP contribution in [0.25, 0.3) is 0 Å². The first kappa shape index (κ1) is 8.23. The van der Waals surface area contributed by atoms with Crippen molar-refractivity contribution in [1.29, 1.82) is 0 Å². The van der Waals surface area contributed by atoms with Gasteiger partial charge in [0.05, 0.1) is 0 Å². The minimum absolute atomic E-state index is 0.818. The molecule has 0 aromatic heterocycles. The van der Waals surface area contributed by atoms with Crippen LogP contribution >= 0.6 is 12.0 Å². The highest BCUT2D eigenvalue weighted by molar-refractivity contribution is 7.94. The van der Waals surface area contributed by atoms with Crippen molar-refractivity contribution >= 4 is 12.0 Å². The lowest BCUT2D eigenvalue weighted by Gasteiger charge is -2.01. The van der Waals surface area contributed by atoms with Crippen molar-refractivity contribution in [2.75, 3.05) is 5.75 Å². The molecule has 0 amide bonds. The first-order valence-electron chi connectivity index (χ1n) is 2.50. The summed E-state index contributed by atoms with van der Waals surface area (Å²) in [6.45, 7) is 2.07. The van der Waals surface area contributed by atoms with Crippen molar-refractivity contribution in [2.45, 2.75) is 19.8 Å². The van der Waals surface area contributed by atoms with E-state index in [0.717, 1.165) is 30.6 Å². The van der Waals surface area contributed by atoms with Crippen LogP contribution in [0.3, 0.4) is 0 Å². The molecule has 0 saturated heterocycles. The lowest BCUT2D eigenvalue weighted by atomic mass is 10.4. The number of hydrogen-bond donors (Lipinski definition) is 0. The Hall–Kier alpha value is 0.230. The molecule has 0 aliphatic carbocycles. The smallest absolute Gasteiger partial charge is 0.0305 e. The Morgan fingerprint density at radius 2 is 2.38 bits per heavy atom. The maximum Gasteiger partial charge on any atom is 0.0305 e. The summed E-state index contributed by atoms with van der Waals surface area (Å²) < 4.78 is 4.00. The lowest BCUT2D eigenvalue weighted by molar-refractivity contribution is -0.777. The van der Waals surface area contributed by atoms with Crippen molar-refractivity contribution < 1.29 is 14.6 Å². The zero-order valence-corrected chi connectivity index (χ0v) is 5.57. The van der Waals surface area contributed by atoms with E-state index in [1.54, 1.807) is 0 Å². The number of unbranched alkanes of at least 4 members (excludes halogenated alkanes) is 1. The van der Waals surface area contributed by atoms with Crippen LogP contribution in [-0.2, 0) is 9.37 Å². The summed E-state index contributed by atoms with van der Waals surface area (Å²) in [4.78, 5) is 0. The normalized spacial score (nSPS) is 9.75. The Labute approximate surface area is 53.0 Å². The molecule has 0 fully saturated rings. The molecule has 0 spiro atoms. The van der Waals surface area contributed by atoms with Crippen molar-refractivity contribution in [1.82, 2.24) is 0 Å². The van der Waals surface area contributed by atoms with Gasteiger partial charge in [0, 0.05) is 17.8 Å². The monoisotopic (exact) mass is 137 g/mol. The molecular weight excluding hydrogens is 128 g/mol. The molecule has 3 nitrogen and oxygen atoms in total. The molecule has 0 aromatic rings. The Bertz CT molecular complexity index is 36.3. The molecule has 0 aromatic carbocycles. The van der Waals surface area contributed by atoms with Crippen LogP contribution < -0.4 is 5.26 Å². The molecule has 4 heteroatoms. The molecule has 0 bridgehead atoms. The molecule has 0 atom stereocenters. The quantitative estimate of drug-likeness (QED) is 0.241. The fourth-order valence-electron chi connectivity index (χ4n) is 0.257. The molecule has 0 heterocycles. The van der Waals surface area contributed by atoms with E-state index < -0.39 is 0 Å². The third-order valence-electron chi connectivity index (χ3n) is 0.657. The fraction of sp³-hybridized carbons (Fsp3) is 1.00. The van der Waals surface area contributed by atoms with Gasteiger partial charge < -0.3 is 5.26 Å². The molecule has 0 saturated carbocycles. The van der Waals surface area contributed by atoms with Gasteiger partial charge >= 0.3 is 0 Å². The van der Waals surface area contributed by atoms with E-state index in [2.05, 4.69) is 16.3 Å². The SMILES string of the molecule is CCCCSOO[O-]. The summed E-state index contributed by atoms with van der Waals surface area (Å²) in [5, 5.41) is 12.3. The number of rotatable bonds is 5. The van der Waals surface area contributed by atoms with E-state index in [4.69, 9.17) is 5.26 Å². The second kappa shape index (κ2) is 7.23. The Morgan fingerprint density at radius 3 is 2.88 bits per heavy atom. The minimum atomic E-state index is 0.818. The van der Waals surface area contributed by atoms with Crippen LogP contribution in [0.15, 0.2) is 0 Å².